The highest BCUT2D eigenvalue weighted by Crippen LogP contribution is 2.16. The molecule has 17 heavy (non-hydrogen) atoms. The van der Waals surface area contributed by atoms with Crippen LogP contribution in [0.25, 0.3) is 0 Å². The summed E-state index contributed by atoms with van der Waals surface area (Å²) in [6, 6.07) is 0. The predicted octanol–water partition coefficient (Wildman–Crippen LogP) is 2.64. The van der Waals surface area contributed by atoms with Crippen molar-refractivity contribution in [1.82, 2.24) is 9.55 Å². The van der Waals surface area contributed by atoms with Crippen LogP contribution in [0.2, 0.25) is 0 Å². The fourth-order valence-corrected chi connectivity index (χ4v) is 2.37. The van der Waals surface area contributed by atoms with E-state index in [0.29, 0.717) is 13.0 Å². The van der Waals surface area contributed by atoms with Crippen molar-refractivity contribution in [3.05, 3.63) is 12.4 Å². The van der Waals surface area contributed by atoms with E-state index < -0.39 is 0 Å². The van der Waals surface area contributed by atoms with Gasteiger partial charge in [-0.25, -0.2) is 4.98 Å². The monoisotopic (exact) mass is 256 g/mol. The molecular formula is C12H20N2O2S. The molecule has 0 fully saturated rings. The van der Waals surface area contributed by atoms with Gasteiger partial charge in [0, 0.05) is 31.6 Å². The van der Waals surface area contributed by atoms with Crippen LogP contribution in [0.4, 0.5) is 0 Å². The molecule has 1 aromatic rings. The zero-order valence-electron chi connectivity index (χ0n) is 10.5. The fourth-order valence-electron chi connectivity index (χ4n) is 1.44. The van der Waals surface area contributed by atoms with Crippen molar-refractivity contribution in [2.75, 3.05) is 12.4 Å². The van der Waals surface area contributed by atoms with E-state index in [1.165, 1.54) is 0 Å². The van der Waals surface area contributed by atoms with Crippen LogP contribution in [0, 0.1) is 0 Å². The van der Waals surface area contributed by atoms with Gasteiger partial charge in [-0.1, -0.05) is 18.2 Å². The van der Waals surface area contributed by atoms with E-state index in [0.717, 1.165) is 30.2 Å². The molecule has 0 spiro atoms. The molecule has 0 saturated heterocycles. The van der Waals surface area contributed by atoms with Gasteiger partial charge >= 0.3 is 5.97 Å². The van der Waals surface area contributed by atoms with Gasteiger partial charge in [0.2, 0.25) is 0 Å². The number of ether oxygens (including phenoxy) is 1. The number of unbranched alkanes of at least 4 members (excludes halogenated alkanes) is 2. The third-order valence-corrected chi connectivity index (χ3v) is 3.48. The first-order chi connectivity index (χ1) is 8.24. The van der Waals surface area contributed by atoms with E-state index in [9.17, 15) is 4.79 Å². The van der Waals surface area contributed by atoms with Crippen molar-refractivity contribution in [2.45, 2.75) is 37.8 Å². The predicted molar refractivity (Wildman–Crippen MR) is 69.0 cm³/mol. The van der Waals surface area contributed by atoms with Crippen molar-refractivity contribution in [2.24, 2.45) is 7.05 Å². The number of nitrogens with zero attached hydrogens (tertiary/aromatic N) is 2. The minimum Gasteiger partial charge on any atom is -0.466 e. The molecule has 0 N–H and O–H groups in total. The maximum atomic E-state index is 11.1. The van der Waals surface area contributed by atoms with Crippen molar-refractivity contribution in [3.8, 4) is 0 Å². The Morgan fingerprint density at radius 3 is 2.94 bits per heavy atom. The number of carbonyl (C=O) groups excluding carboxylic acids is 1. The second-order valence-corrected chi connectivity index (χ2v) is 4.85. The summed E-state index contributed by atoms with van der Waals surface area (Å²) in [5.74, 6) is 0.970. The lowest BCUT2D eigenvalue weighted by molar-refractivity contribution is -0.143. The molecule has 0 aliphatic heterocycles. The van der Waals surface area contributed by atoms with E-state index >= 15 is 0 Å². The Balaban J connectivity index is 1.98. The summed E-state index contributed by atoms with van der Waals surface area (Å²) in [7, 11) is 2.00. The van der Waals surface area contributed by atoms with Gasteiger partial charge in [0.15, 0.2) is 5.16 Å². The molecule has 0 amide bonds. The largest absolute Gasteiger partial charge is 0.466 e. The SMILES string of the molecule is CCOC(=O)CCCCCSc1nccn1C. The second-order valence-electron chi connectivity index (χ2n) is 3.78. The van der Waals surface area contributed by atoms with Gasteiger partial charge in [-0.3, -0.25) is 4.79 Å². The number of hydrogen-bond acceptors (Lipinski definition) is 4. The van der Waals surface area contributed by atoms with Crippen LogP contribution in [0.3, 0.4) is 0 Å². The molecule has 0 radical (unpaired) electrons. The summed E-state index contributed by atoms with van der Waals surface area (Å²) in [6.07, 6.45) is 7.39. The lowest BCUT2D eigenvalue weighted by Crippen LogP contribution is -2.03. The minimum absolute atomic E-state index is 0.0794. The van der Waals surface area contributed by atoms with Gasteiger partial charge in [-0.2, -0.15) is 0 Å². The zero-order valence-corrected chi connectivity index (χ0v) is 11.3. The maximum absolute atomic E-state index is 11.1. The molecule has 1 aromatic heterocycles. The number of aromatic nitrogens is 2. The summed E-state index contributed by atoms with van der Waals surface area (Å²) < 4.78 is 6.88. The lowest BCUT2D eigenvalue weighted by atomic mass is 10.2. The topological polar surface area (TPSA) is 44.1 Å². The number of rotatable bonds is 8. The van der Waals surface area contributed by atoms with E-state index in [4.69, 9.17) is 4.74 Å². The molecule has 0 atom stereocenters. The second kappa shape index (κ2) is 8.17. The molecule has 5 heteroatoms. The van der Waals surface area contributed by atoms with Crippen LogP contribution >= 0.6 is 11.8 Å². The number of esters is 1. The Bertz CT molecular complexity index is 339. The summed E-state index contributed by atoms with van der Waals surface area (Å²) in [5, 5.41) is 1.05. The Labute approximate surface area is 107 Å². The van der Waals surface area contributed by atoms with E-state index in [1.54, 1.807) is 11.8 Å². The summed E-state index contributed by atoms with van der Waals surface area (Å²) in [6.45, 7) is 2.31. The molecule has 0 bridgehead atoms. The van der Waals surface area contributed by atoms with Crippen molar-refractivity contribution < 1.29 is 9.53 Å². The minimum atomic E-state index is -0.0794. The molecular weight excluding hydrogens is 236 g/mol. The van der Waals surface area contributed by atoms with Gasteiger partial charge < -0.3 is 9.30 Å². The third kappa shape index (κ3) is 5.77. The van der Waals surface area contributed by atoms with Crippen molar-refractivity contribution >= 4 is 17.7 Å². The zero-order chi connectivity index (χ0) is 12.5. The third-order valence-electron chi connectivity index (χ3n) is 2.34. The quantitative estimate of drug-likeness (QED) is 0.407. The Morgan fingerprint density at radius 2 is 2.29 bits per heavy atom. The first-order valence-electron chi connectivity index (χ1n) is 5.99. The van der Waals surface area contributed by atoms with Crippen LogP contribution in [-0.2, 0) is 16.6 Å². The van der Waals surface area contributed by atoms with Crippen LogP contribution in [-0.4, -0.2) is 27.9 Å². The van der Waals surface area contributed by atoms with Crippen molar-refractivity contribution in [1.29, 1.82) is 0 Å². The van der Waals surface area contributed by atoms with Gasteiger partial charge in [-0.05, 0) is 19.8 Å². The molecule has 0 unspecified atom stereocenters. The van der Waals surface area contributed by atoms with Crippen molar-refractivity contribution in [3.63, 3.8) is 0 Å². The first-order valence-corrected chi connectivity index (χ1v) is 6.98. The lowest BCUT2D eigenvalue weighted by Gasteiger charge is -2.02. The number of thioether (sulfide) groups is 1. The van der Waals surface area contributed by atoms with E-state index in [2.05, 4.69) is 4.98 Å². The van der Waals surface area contributed by atoms with Gasteiger partial charge in [0.25, 0.3) is 0 Å². The molecule has 0 aromatic carbocycles. The molecule has 0 saturated carbocycles. The van der Waals surface area contributed by atoms with Crippen LogP contribution in [0.1, 0.15) is 32.6 Å². The standard InChI is InChI=1S/C12H20N2O2S/c1-3-16-11(15)7-5-4-6-10-17-12-13-8-9-14(12)2/h8-9H,3-7,10H2,1-2H3. The van der Waals surface area contributed by atoms with E-state index in [-0.39, 0.29) is 5.97 Å². The molecule has 0 aliphatic carbocycles. The molecule has 1 heterocycles. The highest BCUT2D eigenvalue weighted by Gasteiger charge is 2.02. The van der Waals surface area contributed by atoms with E-state index in [1.807, 2.05) is 30.9 Å². The number of aryl methyl sites for hydroxylation is 1. The highest BCUT2D eigenvalue weighted by atomic mass is 32.2. The molecule has 1 rings (SSSR count). The van der Waals surface area contributed by atoms with Gasteiger partial charge in [0.05, 0.1) is 6.61 Å². The Kier molecular flexibility index (Phi) is 6.77. The number of hydrogen-bond donors (Lipinski definition) is 0. The Hall–Kier alpha value is -0.970. The molecule has 96 valence electrons. The number of carbonyl (C=O) groups is 1. The molecule has 4 nitrogen and oxygen atoms in total. The smallest absolute Gasteiger partial charge is 0.305 e. The Morgan fingerprint density at radius 1 is 1.47 bits per heavy atom. The molecule has 0 aliphatic rings. The maximum Gasteiger partial charge on any atom is 0.305 e. The van der Waals surface area contributed by atoms with Gasteiger partial charge in [-0.15, -0.1) is 0 Å². The number of imidazole rings is 1. The summed E-state index contributed by atoms with van der Waals surface area (Å²) in [4.78, 5) is 15.3. The average molecular weight is 256 g/mol. The fraction of sp³-hybridized carbons (Fsp3) is 0.667. The van der Waals surface area contributed by atoms with Crippen LogP contribution in [0.5, 0.6) is 0 Å². The first kappa shape index (κ1) is 14.1. The van der Waals surface area contributed by atoms with Crippen LogP contribution in [0.15, 0.2) is 17.6 Å². The normalized spacial score (nSPS) is 10.5. The van der Waals surface area contributed by atoms with Gasteiger partial charge in [0.1, 0.15) is 0 Å². The summed E-state index contributed by atoms with van der Waals surface area (Å²) in [5.41, 5.74) is 0. The highest BCUT2D eigenvalue weighted by molar-refractivity contribution is 7.99. The average Bonchev–Trinajstić information content (AvgIpc) is 2.70. The van der Waals surface area contributed by atoms with Crippen LogP contribution < -0.4 is 0 Å². The summed E-state index contributed by atoms with van der Waals surface area (Å²) >= 11 is 1.76.